The van der Waals surface area contributed by atoms with Gasteiger partial charge in [0.25, 0.3) is 0 Å². The number of anilines is 1. The number of aliphatic hydroxyl groups excluding tert-OH is 1. The molecule has 0 bridgehead atoms. The summed E-state index contributed by atoms with van der Waals surface area (Å²) < 4.78 is 13.3. The first-order chi connectivity index (χ1) is 7.16. The Hall–Kier alpha value is -1.62. The molecule has 0 saturated heterocycles. The topological polar surface area (TPSA) is 82.1 Å². The first kappa shape index (κ1) is 11.5. The maximum Gasteiger partial charge on any atom is 0.136 e. The van der Waals surface area contributed by atoms with E-state index >= 15 is 0 Å². The summed E-state index contributed by atoms with van der Waals surface area (Å²) in [6, 6.07) is 4.45. The smallest absolute Gasteiger partial charge is 0.136 e. The molecule has 15 heavy (non-hydrogen) atoms. The van der Waals surface area contributed by atoms with Crippen molar-refractivity contribution >= 4 is 11.5 Å². The Balaban J connectivity index is 2.86. The minimum atomic E-state index is -0.517. The zero-order chi connectivity index (χ0) is 11.3. The van der Waals surface area contributed by atoms with Crippen molar-refractivity contribution in [2.24, 2.45) is 5.73 Å². The van der Waals surface area contributed by atoms with Crippen LogP contribution in [0.5, 0.6) is 0 Å². The number of nitrogen functional groups attached to an aromatic ring is 1. The van der Waals surface area contributed by atoms with Crippen molar-refractivity contribution < 1.29 is 9.50 Å². The molecule has 0 heterocycles. The lowest BCUT2D eigenvalue weighted by atomic mass is 10.1. The molecule has 0 aromatic heterocycles. The average molecular weight is 211 g/mol. The van der Waals surface area contributed by atoms with E-state index in [-0.39, 0.29) is 18.0 Å². The number of nitrogens with two attached hydrogens (primary N) is 1. The van der Waals surface area contributed by atoms with Crippen LogP contribution in [-0.2, 0) is 0 Å². The summed E-state index contributed by atoms with van der Waals surface area (Å²) in [6.45, 7) is 0.581. The van der Waals surface area contributed by atoms with Gasteiger partial charge in [-0.3, -0.25) is 5.41 Å². The monoisotopic (exact) mass is 211 g/mol. The number of amidine groups is 1. The first-order valence-corrected chi connectivity index (χ1v) is 4.64. The molecular formula is C10H14FN3O. The molecule has 0 atom stereocenters. The molecule has 1 aromatic carbocycles. The Morgan fingerprint density at radius 1 is 1.53 bits per heavy atom. The number of halogens is 1. The van der Waals surface area contributed by atoms with Gasteiger partial charge in [0.1, 0.15) is 11.7 Å². The third-order valence-electron chi connectivity index (χ3n) is 1.93. The molecule has 0 unspecified atom stereocenters. The highest BCUT2D eigenvalue weighted by Crippen LogP contribution is 2.18. The fourth-order valence-electron chi connectivity index (χ4n) is 1.25. The highest BCUT2D eigenvalue weighted by atomic mass is 19.1. The van der Waals surface area contributed by atoms with Gasteiger partial charge in [-0.1, -0.05) is 6.07 Å². The van der Waals surface area contributed by atoms with Gasteiger partial charge in [0.2, 0.25) is 0 Å². The van der Waals surface area contributed by atoms with E-state index in [1.165, 1.54) is 6.07 Å². The zero-order valence-electron chi connectivity index (χ0n) is 8.26. The van der Waals surface area contributed by atoms with Crippen LogP contribution >= 0.6 is 0 Å². The van der Waals surface area contributed by atoms with Gasteiger partial charge in [-0.2, -0.15) is 0 Å². The maximum absolute atomic E-state index is 13.3. The molecule has 5 N–H and O–H groups in total. The van der Waals surface area contributed by atoms with E-state index in [1.807, 2.05) is 0 Å². The summed E-state index contributed by atoms with van der Waals surface area (Å²) in [4.78, 5) is 0. The Kier molecular flexibility index (Phi) is 4.05. The number of hydrogen-bond acceptors (Lipinski definition) is 3. The Morgan fingerprint density at radius 2 is 2.27 bits per heavy atom. The molecule has 0 spiro atoms. The molecule has 5 heteroatoms. The molecule has 0 aliphatic carbocycles. The number of hydrogen-bond donors (Lipinski definition) is 4. The predicted octanol–water partition coefficient (Wildman–Crippen LogP) is 0.904. The summed E-state index contributed by atoms with van der Waals surface area (Å²) in [5.41, 5.74) is 5.84. The van der Waals surface area contributed by atoms with Crippen LogP contribution in [0.15, 0.2) is 18.2 Å². The summed E-state index contributed by atoms with van der Waals surface area (Å²) in [5, 5.41) is 18.8. The fourth-order valence-corrected chi connectivity index (χ4v) is 1.25. The van der Waals surface area contributed by atoms with Crippen molar-refractivity contribution in [3.8, 4) is 0 Å². The van der Waals surface area contributed by atoms with Crippen LogP contribution in [0.25, 0.3) is 0 Å². The van der Waals surface area contributed by atoms with Crippen molar-refractivity contribution in [1.29, 1.82) is 5.41 Å². The SMILES string of the molecule is N=C(N)c1c(F)cccc1NCCCO. The van der Waals surface area contributed by atoms with Crippen molar-refractivity contribution in [1.82, 2.24) is 0 Å². The summed E-state index contributed by atoms with van der Waals surface area (Å²) in [6.07, 6.45) is 0.563. The van der Waals surface area contributed by atoms with Crippen molar-refractivity contribution in [3.05, 3.63) is 29.6 Å². The van der Waals surface area contributed by atoms with Crippen molar-refractivity contribution in [2.75, 3.05) is 18.5 Å². The Labute approximate surface area is 87.4 Å². The summed E-state index contributed by atoms with van der Waals surface area (Å²) in [7, 11) is 0. The van der Waals surface area contributed by atoms with Crippen LogP contribution in [0, 0.1) is 11.2 Å². The first-order valence-electron chi connectivity index (χ1n) is 4.64. The molecule has 1 rings (SSSR count). The number of benzene rings is 1. The molecule has 0 aliphatic rings. The highest BCUT2D eigenvalue weighted by molar-refractivity contribution is 6.00. The molecule has 0 saturated carbocycles. The van der Waals surface area contributed by atoms with E-state index in [2.05, 4.69) is 5.32 Å². The van der Waals surface area contributed by atoms with E-state index in [1.54, 1.807) is 12.1 Å². The summed E-state index contributed by atoms with van der Waals surface area (Å²) in [5.74, 6) is -0.823. The van der Waals surface area contributed by atoms with Crippen molar-refractivity contribution in [2.45, 2.75) is 6.42 Å². The van der Waals surface area contributed by atoms with E-state index < -0.39 is 5.82 Å². The van der Waals surface area contributed by atoms with E-state index in [0.717, 1.165) is 0 Å². The van der Waals surface area contributed by atoms with Crippen molar-refractivity contribution in [3.63, 3.8) is 0 Å². The summed E-state index contributed by atoms with van der Waals surface area (Å²) >= 11 is 0. The molecule has 82 valence electrons. The second-order valence-electron chi connectivity index (χ2n) is 3.08. The van der Waals surface area contributed by atoms with Crippen LogP contribution in [0.3, 0.4) is 0 Å². The number of aliphatic hydroxyl groups is 1. The quantitative estimate of drug-likeness (QED) is 0.332. The van der Waals surface area contributed by atoms with Crippen LogP contribution < -0.4 is 11.1 Å². The highest BCUT2D eigenvalue weighted by Gasteiger charge is 2.10. The van der Waals surface area contributed by atoms with Gasteiger partial charge in [-0.05, 0) is 18.6 Å². The minimum absolute atomic E-state index is 0.0672. The van der Waals surface area contributed by atoms with Crippen LogP contribution in [-0.4, -0.2) is 24.1 Å². The largest absolute Gasteiger partial charge is 0.396 e. The van der Waals surface area contributed by atoms with Gasteiger partial charge in [-0.15, -0.1) is 0 Å². The fraction of sp³-hybridized carbons (Fsp3) is 0.300. The van der Waals surface area contributed by atoms with E-state index in [9.17, 15) is 4.39 Å². The number of nitrogens with one attached hydrogen (secondary N) is 2. The second kappa shape index (κ2) is 5.31. The molecule has 1 aromatic rings. The molecule has 0 amide bonds. The third kappa shape index (κ3) is 2.92. The van der Waals surface area contributed by atoms with Gasteiger partial charge >= 0.3 is 0 Å². The third-order valence-corrected chi connectivity index (χ3v) is 1.93. The van der Waals surface area contributed by atoms with Gasteiger partial charge in [0, 0.05) is 18.8 Å². The molecular weight excluding hydrogens is 197 g/mol. The lowest BCUT2D eigenvalue weighted by molar-refractivity contribution is 0.292. The standard InChI is InChI=1S/C10H14FN3O/c11-7-3-1-4-8(9(7)10(12)13)14-5-2-6-15/h1,3-4,14-15H,2,5-6H2,(H3,12,13). The van der Waals surface area contributed by atoms with Crippen LogP contribution in [0.2, 0.25) is 0 Å². The molecule has 0 fully saturated rings. The predicted molar refractivity (Wildman–Crippen MR) is 57.6 cm³/mol. The average Bonchev–Trinajstić information content (AvgIpc) is 2.17. The normalized spacial score (nSPS) is 10.0. The molecule has 0 radical (unpaired) electrons. The van der Waals surface area contributed by atoms with Gasteiger partial charge in [0.15, 0.2) is 0 Å². The van der Waals surface area contributed by atoms with E-state index in [0.29, 0.717) is 18.7 Å². The zero-order valence-corrected chi connectivity index (χ0v) is 8.26. The van der Waals surface area contributed by atoms with Gasteiger partial charge < -0.3 is 16.2 Å². The molecule has 0 aliphatic heterocycles. The lowest BCUT2D eigenvalue weighted by Crippen LogP contribution is -2.17. The maximum atomic E-state index is 13.3. The van der Waals surface area contributed by atoms with Crippen LogP contribution in [0.4, 0.5) is 10.1 Å². The Bertz CT molecular complexity index is 355. The molecule has 4 nitrogen and oxygen atoms in total. The van der Waals surface area contributed by atoms with Gasteiger partial charge in [0.05, 0.1) is 5.56 Å². The van der Waals surface area contributed by atoms with Gasteiger partial charge in [-0.25, -0.2) is 4.39 Å². The van der Waals surface area contributed by atoms with Crippen LogP contribution in [0.1, 0.15) is 12.0 Å². The minimum Gasteiger partial charge on any atom is -0.396 e. The Morgan fingerprint density at radius 3 is 2.87 bits per heavy atom. The second-order valence-corrected chi connectivity index (χ2v) is 3.08. The number of rotatable bonds is 5. The van der Waals surface area contributed by atoms with E-state index in [4.69, 9.17) is 16.2 Å². The lowest BCUT2D eigenvalue weighted by Gasteiger charge is -2.11.